The molecule has 0 spiro atoms. The van der Waals surface area contributed by atoms with Gasteiger partial charge in [0, 0.05) is 12.6 Å². The molecule has 0 bridgehead atoms. The van der Waals surface area contributed by atoms with Gasteiger partial charge >= 0.3 is 5.97 Å². The maximum Gasteiger partial charge on any atom is 0.326 e. The number of carbonyl (C=O) groups excluding carboxylic acids is 1. The second-order valence-corrected chi connectivity index (χ2v) is 5.83. The van der Waals surface area contributed by atoms with Crippen LogP contribution in [-0.4, -0.2) is 49.7 Å². The highest BCUT2D eigenvalue weighted by Gasteiger charge is 2.46. The number of ether oxygens (including phenoxy) is 1. The molecule has 4 nitrogen and oxygen atoms in total. The minimum absolute atomic E-state index is 0.107. The molecule has 1 saturated carbocycles. The fourth-order valence-electron chi connectivity index (χ4n) is 3.07. The lowest BCUT2D eigenvalue weighted by Gasteiger charge is -2.30. The molecule has 1 fully saturated rings. The Balaban J connectivity index is 2.67. The lowest BCUT2D eigenvalue weighted by Crippen LogP contribution is -2.51. The number of methoxy groups -OCH3 is 1. The zero-order valence-corrected chi connectivity index (χ0v) is 12.5. The van der Waals surface area contributed by atoms with Crippen LogP contribution in [0.3, 0.4) is 0 Å². The summed E-state index contributed by atoms with van der Waals surface area (Å²) in [5.41, 5.74) is -0.459. The van der Waals surface area contributed by atoms with Gasteiger partial charge in [-0.3, -0.25) is 4.79 Å². The molecule has 0 aliphatic heterocycles. The van der Waals surface area contributed by atoms with E-state index in [0.29, 0.717) is 12.0 Å². The van der Waals surface area contributed by atoms with Crippen molar-refractivity contribution in [1.29, 1.82) is 0 Å². The van der Waals surface area contributed by atoms with E-state index >= 15 is 0 Å². The Hall–Kier alpha value is -0.610. The number of carbonyl (C=O) groups is 1. The lowest BCUT2D eigenvalue weighted by molar-refractivity contribution is -0.148. The molecule has 1 aliphatic rings. The van der Waals surface area contributed by atoms with Gasteiger partial charge in [0.1, 0.15) is 5.54 Å². The van der Waals surface area contributed by atoms with Gasteiger partial charge in [0.15, 0.2) is 0 Å². The number of nitrogens with one attached hydrogen (secondary N) is 1. The predicted molar refractivity (Wildman–Crippen MR) is 73.5 cm³/mol. The van der Waals surface area contributed by atoms with Gasteiger partial charge in [-0.15, -0.1) is 0 Å². The average Bonchev–Trinajstić information content (AvgIpc) is 2.73. The summed E-state index contributed by atoms with van der Waals surface area (Å²) < 4.78 is 4.98. The van der Waals surface area contributed by atoms with Gasteiger partial charge in [0.2, 0.25) is 0 Å². The number of esters is 1. The number of likely N-dealkylation sites (N-methyl/N-ethyl adjacent to an activating group) is 1. The quantitative estimate of drug-likeness (QED) is 0.734. The van der Waals surface area contributed by atoms with Gasteiger partial charge in [0.05, 0.1) is 7.11 Å². The zero-order valence-electron chi connectivity index (χ0n) is 12.5. The minimum Gasteiger partial charge on any atom is -0.468 e. The molecule has 1 N–H and O–H groups in total. The molecule has 0 amide bonds. The van der Waals surface area contributed by atoms with Crippen molar-refractivity contribution in [2.45, 2.75) is 51.6 Å². The predicted octanol–water partition coefficient (Wildman–Crippen LogP) is 1.65. The lowest BCUT2D eigenvalue weighted by atomic mass is 9.97. The summed E-state index contributed by atoms with van der Waals surface area (Å²) in [6.45, 7) is 8.37. The Morgan fingerprint density at radius 1 is 1.56 bits per heavy atom. The Morgan fingerprint density at radius 3 is 2.72 bits per heavy atom. The second-order valence-electron chi connectivity index (χ2n) is 5.83. The number of hydrogen-bond donors (Lipinski definition) is 1. The molecule has 0 aromatic rings. The van der Waals surface area contributed by atoms with Gasteiger partial charge in [-0.2, -0.15) is 0 Å². The van der Waals surface area contributed by atoms with Crippen molar-refractivity contribution in [3.8, 4) is 0 Å². The normalized spacial score (nSPS) is 28.1. The summed E-state index contributed by atoms with van der Waals surface area (Å²) >= 11 is 0. The van der Waals surface area contributed by atoms with Crippen LogP contribution in [0.4, 0.5) is 0 Å². The summed E-state index contributed by atoms with van der Waals surface area (Å²) in [4.78, 5) is 14.4. The molecule has 18 heavy (non-hydrogen) atoms. The SMILES string of the molecule is CCNC1(C(=O)OC)CCC(N(C)CC(C)C)C1. The highest BCUT2D eigenvalue weighted by Crippen LogP contribution is 2.34. The first kappa shape index (κ1) is 15.4. The van der Waals surface area contributed by atoms with Crippen LogP contribution in [0, 0.1) is 5.92 Å². The summed E-state index contributed by atoms with van der Waals surface area (Å²) in [6.07, 6.45) is 2.79. The topological polar surface area (TPSA) is 41.6 Å². The second kappa shape index (κ2) is 6.53. The Bertz CT molecular complexity index is 281. The maximum atomic E-state index is 12.0. The van der Waals surface area contributed by atoms with Gasteiger partial charge in [-0.1, -0.05) is 20.8 Å². The van der Waals surface area contributed by atoms with E-state index in [1.54, 1.807) is 0 Å². The van der Waals surface area contributed by atoms with Crippen LogP contribution in [0.5, 0.6) is 0 Å². The van der Waals surface area contributed by atoms with Crippen LogP contribution in [0.1, 0.15) is 40.0 Å². The molecular formula is C14H28N2O2. The molecule has 106 valence electrons. The van der Waals surface area contributed by atoms with E-state index in [-0.39, 0.29) is 5.97 Å². The third kappa shape index (κ3) is 3.45. The first-order valence-corrected chi connectivity index (χ1v) is 6.99. The van der Waals surface area contributed by atoms with Crippen LogP contribution in [0.25, 0.3) is 0 Å². The third-order valence-corrected chi connectivity index (χ3v) is 3.86. The Labute approximate surface area is 111 Å². The molecule has 4 heteroatoms. The maximum absolute atomic E-state index is 12.0. The van der Waals surface area contributed by atoms with E-state index in [0.717, 1.165) is 32.4 Å². The third-order valence-electron chi connectivity index (χ3n) is 3.86. The summed E-state index contributed by atoms with van der Waals surface area (Å²) in [6, 6.07) is 0.477. The van der Waals surface area contributed by atoms with E-state index in [4.69, 9.17) is 4.74 Å². The van der Waals surface area contributed by atoms with Crippen molar-refractivity contribution in [3.05, 3.63) is 0 Å². The van der Waals surface area contributed by atoms with Crippen LogP contribution in [0.15, 0.2) is 0 Å². The Kier molecular flexibility index (Phi) is 5.60. The van der Waals surface area contributed by atoms with Crippen molar-refractivity contribution < 1.29 is 9.53 Å². The van der Waals surface area contributed by atoms with Crippen molar-refractivity contribution in [3.63, 3.8) is 0 Å². The van der Waals surface area contributed by atoms with Crippen LogP contribution >= 0.6 is 0 Å². The van der Waals surface area contributed by atoms with E-state index in [1.165, 1.54) is 7.11 Å². The molecule has 0 aromatic carbocycles. The highest BCUT2D eigenvalue weighted by atomic mass is 16.5. The fourth-order valence-corrected chi connectivity index (χ4v) is 3.07. The standard InChI is InChI=1S/C14H28N2O2/c1-6-15-14(13(17)18-5)8-7-12(9-14)16(4)10-11(2)3/h11-12,15H,6-10H2,1-5H3. The molecule has 0 aromatic heterocycles. The average molecular weight is 256 g/mol. The molecule has 1 aliphatic carbocycles. The van der Waals surface area contributed by atoms with Gasteiger partial charge in [0.25, 0.3) is 0 Å². The zero-order chi connectivity index (χ0) is 13.8. The first-order valence-electron chi connectivity index (χ1n) is 6.99. The molecular weight excluding hydrogens is 228 g/mol. The van der Waals surface area contributed by atoms with Crippen molar-refractivity contribution in [2.75, 3.05) is 27.2 Å². The summed E-state index contributed by atoms with van der Waals surface area (Å²) in [7, 11) is 3.64. The van der Waals surface area contributed by atoms with Gasteiger partial charge in [-0.05, 0) is 38.8 Å². The van der Waals surface area contributed by atoms with Crippen LogP contribution in [-0.2, 0) is 9.53 Å². The van der Waals surface area contributed by atoms with Crippen molar-refractivity contribution >= 4 is 5.97 Å². The molecule has 0 saturated heterocycles. The first-order chi connectivity index (χ1) is 8.45. The fraction of sp³-hybridized carbons (Fsp3) is 0.929. The summed E-state index contributed by atoms with van der Waals surface area (Å²) in [5, 5.41) is 3.35. The van der Waals surface area contributed by atoms with Crippen LogP contribution in [0.2, 0.25) is 0 Å². The van der Waals surface area contributed by atoms with E-state index in [1.807, 2.05) is 6.92 Å². The molecule has 2 atom stereocenters. The molecule has 1 rings (SSSR count). The van der Waals surface area contributed by atoms with Crippen LogP contribution < -0.4 is 5.32 Å². The van der Waals surface area contributed by atoms with Crippen molar-refractivity contribution in [1.82, 2.24) is 10.2 Å². The number of rotatable bonds is 6. The Morgan fingerprint density at radius 2 is 2.22 bits per heavy atom. The monoisotopic (exact) mass is 256 g/mol. The highest BCUT2D eigenvalue weighted by molar-refractivity contribution is 5.81. The largest absolute Gasteiger partial charge is 0.468 e. The number of nitrogens with zero attached hydrogens (tertiary/aromatic N) is 1. The van der Waals surface area contributed by atoms with E-state index < -0.39 is 5.54 Å². The minimum atomic E-state index is -0.459. The van der Waals surface area contributed by atoms with Gasteiger partial charge in [-0.25, -0.2) is 0 Å². The van der Waals surface area contributed by atoms with E-state index in [9.17, 15) is 4.79 Å². The molecule has 0 radical (unpaired) electrons. The van der Waals surface area contributed by atoms with Crippen molar-refractivity contribution in [2.24, 2.45) is 5.92 Å². The molecule has 0 heterocycles. The van der Waals surface area contributed by atoms with Gasteiger partial charge < -0.3 is 15.0 Å². The number of hydrogen-bond acceptors (Lipinski definition) is 4. The summed E-state index contributed by atoms with van der Waals surface area (Å²) in [5.74, 6) is 0.548. The molecule has 2 unspecified atom stereocenters. The smallest absolute Gasteiger partial charge is 0.326 e. The van der Waals surface area contributed by atoms with E-state index in [2.05, 4.69) is 31.1 Å².